The lowest BCUT2D eigenvalue weighted by Gasteiger charge is -2.37. The van der Waals surface area contributed by atoms with Crippen molar-refractivity contribution in [2.24, 2.45) is 0 Å². The van der Waals surface area contributed by atoms with Crippen LogP contribution in [0.4, 0.5) is 11.4 Å². The van der Waals surface area contributed by atoms with E-state index in [4.69, 9.17) is 0 Å². The second-order valence-corrected chi connectivity index (χ2v) is 6.12. The number of amides is 1. The molecule has 0 bridgehead atoms. The Labute approximate surface area is 138 Å². The van der Waals surface area contributed by atoms with Crippen molar-refractivity contribution in [2.45, 2.75) is 38.6 Å². The van der Waals surface area contributed by atoms with Crippen LogP contribution < -0.4 is 10.2 Å². The number of nitrogens with one attached hydrogen (secondary N) is 1. The summed E-state index contributed by atoms with van der Waals surface area (Å²) in [5, 5.41) is 2.96. The number of carbonyl (C=O) groups excluding carboxylic acids is 1. The maximum atomic E-state index is 12.2. The minimum atomic E-state index is -0.0669. The van der Waals surface area contributed by atoms with E-state index in [9.17, 15) is 4.79 Å². The maximum Gasteiger partial charge on any atom is 0.255 e. The predicted octanol–water partition coefficient (Wildman–Crippen LogP) is 4.71. The third-order valence-electron chi connectivity index (χ3n) is 4.59. The van der Waals surface area contributed by atoms with Crippen LogP contribution in [-0.4, -0.2) is 18.5 Å². The summed E-state index contributed by atoms with van der Waals surface area (Å²) in [5.41, 5.74) is 2.78. The zero-order valence-electron chi connectivity index (χ0n) is 13.7. The third kappa shape index (κ3) is 3.73. The van der Waals surface area contributed by atoms with Crippen molar-refractivity contribution in [3.05, 3.63) is 60.2 Å². The summed E-state index contributed by atoms with van der Waals surface area (Å²) in [6.45, 7) is 3.39. The molecule has 1 unspecified atom stereocenters. The molecule has 1 atom stereocenters. The molecule has 3 heteroatoms. The van der Waals surface area contributed by atoms with E-state index in [2.05, 4.69) is 29.3 Å². The summed E-state index contributed by atoms with van der Waals surface area (Å²) in [6, 6.07) is 18.2. The number of anilines is 2. The summed E-state index contributed by atoms with van der Waals surface area (Å²) in [6.07, 6.45) is 5.07. The molecule has 0 spiro atoms. The van der Waals surface area contributed by atoms with Crippen LogP contribution in [0.15, 0.2) is 54.6 Å². The average Bonchev–Trinajstić information content (AvgIpc) is 2.63. The first-order valence-electron chi connectivity index (χ1n) is 8.51. The first-order chi connectivity index (χ1) is 11.3. The van der Waals surface area contributed by atoms with Gasteiger partial charge in [0.15, 0.2) is 0 Å². The van der Waals surface area contributed by atoms with Crippen molar-refractivity contribution >= 4 is 17.3 Å². The van der Waals surface area contributed by atoms with Crippen LogP contribution in [0.5, 0.6) is 0 Å². The normalized spacial score (nSPS) is 17.8. The Bertz CT molecular complexity index is 636. The molecule has 3 rings (SSSR count). The van der Waals surface area contributed by atoms with Gasteiger partial charge in [-0.2, -0.15) is 0 Å². The molecule has 1 aliphatic rings. The Hall–Kier alpha value is -2.29. The lowest BCUT2D eigenvalue weighted by Crippen LogP contribution is -2.39. The van der Waals surface area contributed by atoms with E-state index in [-0.39, 0.29) is 5.91 Å². The number of hydrogen-bond acceptors (Lipinski definition) is 2. The Balaban J connectivity index is 1.68. The highest BCUT2D eigenvalue weighted by Gasteiger charge is 2.20. The van der Waals surface area contributed by atoms with Gasteiger partial charge >= 0.3 is 0 Å². The minimum Gasteiger partial charge on any atom is -0.369 e. The summed E-state index contributed by atoms with van der Waals surface area (Å²) in [7, 11) is 0. The van der Waals surface area contributed by atoms with E-state index in [0.29, 0.717) is 11.6 Å². The molecule has 1 heterocycles. The largest absolute Gasteiger partial charge is 0.369 e. The molecule has 3 nitrogen and oxygen atoms in total. The molecular weight excluding hydrogens is 284 g/mol. The summed E-state index contributed by atoms with van der Waals surface area (Å²) >= 11 is 0. The van der Waals surface area contributed by atoms with Gasteiger partial charge in [0, 0.05) is 29.5 Å². The zero-order valence-corrected chi connectivity index (χ0v) is 13.7. The van der Waals surface area contributed by atoms with Crippen LogP contribution in [0, 0.1) is 0 Å². The van der Waals surface area contributed by atoms with Gasteiger partial charge in [-0.05, 0) is 62.1 Å². The molecule has 1 aliphatic heterocycles. The summed E-state index contributed by atoms with van der Waals surface area (Å²) in [5.74, 6) is -0.0669. The SMILES string of the molecule is CCC1CCCCN1c1ccc(NC(=O)c2ccccc2)cc1. The van der Waals surface area contributed by atoms with E-state index in [1.54, 1.807) is 0 Å². The van der Waals surface area contributed by atoms with Gasteiger partial charge in [-0.25, -0.2) is 0 Å². The van der Waals surface area contributed by atoms with Crippen molar-refractivity contribution in [2.75, 3.05) is 16.8 Å². The molecule has 0 aliphatic carbocycles. The number of piperidine rings is 1. The fraction of sp³-hybridized carbons (Fsp3) is 0.350. The zero-order chi connectivity index (χ0) is 16.1. The fourth-order valence-corrected chi connectivity index (χ4v) is 3.29. The molecule has 120 valence electrons. The highest BCUT2D eigenvalue weighted by Crippen LogP contribution is 2.27. The minimum absolute atomic E-state index is 0.0669. The molecule has 1 amide bonds. The maximum absolute atomic E-state index is 12.2. The molecule has 2 aromatic carbocycles. The van der Waals surface area contributed by atoms with Gasteiger partial charge in [-0.1, -0.05) is 25.1 Å². The van der Waals surface area contributed by atoms with E-state index in [0.717, 1.165) is 12.2 Å². The van der Waals surface area contributed by atoms with Crippen molar-refractivity contribution in [3.63, 3.8) is 0 Å². The molecule has 0 radical (unpaired) electrons. The summed E-state index contributed by atoms with van der Waals surface area (Å²) in [4.78, 5) is 14.7. The monoisotopic (exact) mass is 308 g/mol. The molecule has 1 saturated heterocycles. The smallest absolute Gasteiger partial charge is 0.255 e. The Morgan fingerprint density at radius 1 is 1.09 bits per heavy atom. The van der Waals surface area contributed by atoms with Crippen molar-refractivity contribution in [3.8, 4) is 0 Å². The highest BCUT2D eigenvalue weighted by molar-refractivity contribution is 6.04. The second-order valence-electron chi connectivity index (χ2n) is 6.12. The van der Waals surface area contributed by atoms with Crippen LogP contribution in [0.2, 0.25) is 0 Å². The van der Waals surface area contributed by atoms with Gasteiger partial charge in [-0.15, -0.1) is 0 Å². The van der Waals surface area contributed by atoms with Gasteiger partial charge in [0.25, 0.3) is 5.91 Å². The number of rotatable bonds is 4. The lowest BCUT2D eigenvalue weighted by atomic mass is 9.99. The van der Waals surface area contributed by atoms with Crippen LogP contribution in [0.1, 0.15) is 43.0 Å². The molecular formula is C20H24N2O. The first-order valence-corrected chi connectivity index (χ1v) is 8.51. The standard InChI is InChI=1S/C20H24N2O/c1-2-18-10-6-7-15-22(18)19-13-11-17(12-14-19)21-20(23)16-8-4-3-5-9-16/h3-5,8-9,11-14,18H,2,6-7,10,15H2,1H3,(H,21,23). The van der Waals surface area contributed by atoms with Crippen LogP contribution in [-0.2, 0) is 0 Å². The number of benzene rings is 2. The van der Waals surface area contributed by atoms with Crippen molar-refractivity contribution in [1.29, 1.82) is 0 Å². The van der Waals surface area contributed by atoms with E-state index in [1.165, 1.54) is 31.4 Å². The molecule has 23 heavy (non-hydrogen) atoms. The van der Waals surface area contributed by atoms with E-state index in [1.807, 2.05) is 42.5 Å². The number of hydrogen-bond donors (Lipinski definition) is 1. The topological polar surface area (TPSA) is 32.3 Å². The van der Waals surface area contributed by atoms with Crippen LogP contribution >= 0.6 is 0 Å². The van der Waals surface area contributed by atoms with Gasteiger partial charge in [0.05, 0.1) is 0 Å². The van der Waals surface area contributed by atoms with Crippen LogP contribution in [0.25, 0.3) is 0 Å². The fourth-order valence-electron chi connectivity index (χ4n) is 3.29. The quantitative estimate of drug-likeness (QED) is 0.887. The Morgan fingerprint density at radius 2 is 1.83 bits per heavy atom. The Morgan fingerprint density at radius 3 is 2.52 bits per heavy atom. The van der Waals surface area contributed by atoms with Gasteiger partial charge in [0.2, 0.25) is 0 Å². The van der Waals surface area contributed by atoms with Gasteiger partial charge in [-0.3, -0.25) is 4.79 Å². The first kappa shape index (κ1) is 15.6. The Kier molecular flexibility index (Phi) is 4.96. The predicted molar refractivity (Wildman–Crippen MR) is 96.1 cm³/mol. The highest BCUT2D eigenvalue weighted by atomic mass is 16.1. The molecule has 2 aromatic rings. The summed E-state index contributed by atoms with van der Waals surface area (Å²) < 4.78 is 0. The molecule has 1 fully saturated rings. The van der Waals surface area contributed by atoms with E-state index < -0.39 is 0 Å². The second kappa shape index (κ2) is 7.32. The van der Waals surface area contributed by atoms with Crippen molar-refractivity contribution < 1.29 is 4.79 Å². The lowest BCUT2D eigenvalue weighted by molar-refractivity contribution is 0.102. The van der Waals surface area contributed by atoms with Crippen LogP contribution in [0.3, 0.4) is 0 Å². The molecule has 0 saturated carbocycles. The van der Waals surface area contributed by atoms with Gasteiger partial charge < -0.3 is 10.2 Å². The third-order valence-corrected chi connectivity index (χ3v) is 4.59. The van der Waals surface area contributed by atoms with Crippen molar-refractivity contribution in [1.82, 2.24) is 0 Å². The average molecular weight is 308 g/mol. The number of nitrogens with zero attached hydrogens (tertiary/aromatic N) is 1. The molecule has 1 N–H and O–H groups in total. The number of carbonyl (C=O) groups is 1. The van der Waals surface area contributed by atoms with Gasteiger partial charge in [0.1, 0.15) is 0 Å². The molecule has 0 aromatic heterocycles. The van der Waals surface area contributed by atoms with E-state index >= 15 is 0 Å².